The summed E-state index contributed by atoms with van der Waals surface area (Å²) in [6.07, 6.45) is 0. The lowest BCUT2D eigenvalue weighted by molar-refractivity contribution is -0.384. The molecule has 2 aromatic carbocycles. The molecule has 0 aliphatic rings. The molecule has 12 nitrogen and oxygen atoms in total. The highest BCUT2D eigenvalue weighted by Crippen LogP contribution is 2.29. The summed E-state index contributed by atoms with van der Waals surface area (Å²) in [4.78, 5) is 61.2. The summed E-state index contributed by atoms with van der Waals surface area (Å²) in [5.74, 6) is -4.84. The van der Waals surface area contributed by atoms with Gasteiger partial charge in [0.2, 0.25) is 5.91 Å². The zero-order chi connectivity index (χ0) is 26.0. The molecule has 0 saturated carbocycles. The summed E-state index contributed by atoms with van der Waals surface area (Å²) in [7, 11) is 0. The number of azo groups is 1. The monoisotopic (exact) mass is 504 g/mol. The Bertz CT molecular complexity index is 1140. The number of esters is 2. The molecule has 0 spiro atoms. The lowest BCUT2D eigenvalue weighted by atomic mass is 10.0. The highest BCUT2D eigenvalue weighted by Gasteiger charge is 2.52. The quantitative estimate of drug-likeness (QED) is 0.0926. The van der Waals surface area contributed by atoms with Crippen LogP contribution in [0.15, 0.2) is 58.8 Å². The Balaban J connectivity index is 2.69. The standard InChI is InChI=1S/C22H21ClN4O8/c1-3-34-20(30)22(21(31)35-4-2,24-18(28)13-23)26-25-17-11-10-15(27(32)33)12-16(17)19(29)14-8-6-5-7-9-14/h5-12H,3-4,13H2,1-2H3,(H,24,28). The van der Waals surface area contributed by atoms with Gasteiger partial charge >= 0.3 is 17.6 Å². The van der Waals surface area contributed by atoms with Crippen LogP contribution in [0.4, 0.5) is 11.4 Å². The lowest BCUT2D eigenvalue weighted by Gasteiger charge is -2.24. The third-order valence-corrected chi connectivity index (χ3v) is 4.61. The maximum atomic E-state index is 13.1. The van der Waals surface area contributed by atoms with E-state index in [1.54, 1.807) is 18.2 Å². The van der Waals surface area contributed by atoms with Gasteiger partial charge in [-0.3, -0.25) is 19.7 Å². The van der Waals surface area contributed by atoms with Gasteiger partial charge in [-0.15, -0.1) is 16.7 Å². The molecule has 2 aromatic rings. The average molecular weight is 505 g/mol. The van der Waals surface area contributed by atoms with Crippen LogP contribution in [0.1, 0.15) is 29.8 Å². The minimum atomic E-state index is -2.77. The fourth-order valence-corrected chi connectivity index (χ4v) is 2.85. The third kappa shape index (κ3) is 6.44. The van der Waals surface area contributed by atoms with Crippen molar-refractivity contribution in [1.29, 1.82) is 0 Å². The van der Waals surface area contributed by atoms with E-state index < -0.39 is 45.8 Å². The molecule has 0 aliphatic heterocycles. The first-order chi connectivity index (χ1) is 16.7. The van der Waals surface area contributed by atoms with Gasteiger partial charge in [0.1, 0.15) is 5.88 Å². The predicted octanol–water partition coefficient (Wildman–Crippen LogP) is 3.09. The number of hydrogen-bond acceptors (Lipinski definition) is 10. The van der Waals surface area contributed by atoms with Crippen molar-refractivity contribution in [1.82, 2.24) is 5.32 Å². The Labute approximate surface area is 204 Å². The highest BCUT2D eigenvalue weighted by atomic mass is 35.5. The van der Waals surface area contributed by atoms with E-state index in [4.69, 9.17) is 21.1 Å². The first-order valence-corrected chi connectivity index (χ1v) is 10.8. The van der Waals surface area contributed by atoms with E-state index in [9.17, 15) is 29.3 Å². The molecule has 184 valence electrons. The fraction of sp³-hybridized carbons (Fsp3) is 0.273. The normalized spacial score (nSPS) is 11.1. The van der Waals surface area contributed by atoms with E-state index in [2.05, 4.69) is 15.5 Å². The Morgan fingerprint density at radius 1 is 1.03 bits per heavy atom. The molecule has 0 fully saturated rings. The summed E-state index contributed by atoms with van der Waals surface area (Å²) in [6, 6.07) is 11.0. The van der Waals surface area contributed by atoms with Gasteiger partial charge in [-0.2, -0.15) is 5.11 Å². The number of rotatable bonds is 11. The van der Waals surface area contributed by atoms with E-state index in [0.29, 0.717) is 0 Å². The Hall–Kier alpha value is -4.19. The zero-order valence-corrected chi connectivity index (χ0v) is 19.5. The minimum Gasteiger partial charge on any atom is -0.462 e. The van der Waals surface area contributed by atoms with Gasteiger partial charge < -0.3 is 14.8 Å². The lowest BCUT2D eigenvalue weighted by Crippen LogP contribution is -2.60. The van der Waals surface area contributed by atoms with E-state index in [1.807, 2.05) is 0 Å². The summed E-state index contributed by atoms with van der Waals surface area (Å²) in [5.41, 5.74) is -3.43. The van der Waals surface area contributed by atoms with Gasteiger partial charge in [0.05, 0.1) is 29.4 Å². The van der Waals surface area contributed by atoms with E-state index in [1.165, 1.54) is 26.0 Å². The zero-order valence-electron chi connectivity index (χ0n) is 18.7. The van der Waals surface area contributed by atoms with Crippen molar-refractivity contribution in [3.63, 3.8) is 0 Å². The number of amides is 1. The molecule has 35 heavy (non-hydrogen) atoms. The van der Waals surface area contributed by atoms with Crippen molar-refractivity contribution in [3.05, 3.63) is 69.8 Å². The van der Waals surface area contributed by atoms with Gasteiger partial charge in [-0.1, -0.05) is 30.3 Å². The number of carbonyl (C=O) groups excluding carboxylic acids is 4. The van der Waals surface area contributed by atoms with Crippen LogP contribution in [0.2, 0.25) is 0 Å². The molecule has 0 heterocycles. The van der Waals surface area contributed by atoms with Crippen molar-refractivity contribution < 1.29 is 33.6 Å². The third-order valence-electron chi connectivity index (χ3n) is 4.36. The number of nitro groups is 1. The number of nitrogens with zero attached hydrogens (tertiary/aromatic N) is 3. The van der Waals surface area contributed by atoms with Gasteiger partial charge in [0.15, 0.2) is 5.78 Å². The van der Waals surface area contributed by atoms with Crippen LogP contribution < -0.4 is 5.32 Å². The number of ether oxygens (including phenoxy) is 2. The van der Waals surface area contributed by atoms with Crippen molar-refractivity contribution in [2.75, 3.05) is 19.1 Å². The molecule has 0 atom stereocenters. The molecule has 1 N–H and O–H groups in total. The number of non-ortho nitro benzene ring substituents is 1. The van der Waals surface area contributed by atoms with Crippen LogP contribution in [0.5, 0.6) is 0 Å². The number of alkyl halides is 1. The molecular formula is C22H21ClN4O8. The summed E-state index contributed by atoms with van der Waals surface area (Å²) in [5, 5.41) is 20.9. The largest absolute Gasteiger partial charge is 0.462 e. The second kappa shape index (κ2) is 12.3. The van der Waals surface area contributed by atoms with Crippen LogP contribution >= 0.6 is 11.6 Å². The van der Waals surface area contributed by atoms with Gasteiger partial charge in [0, 0.05) is 17.7 Å². The Morgan fingerprint density at radius 2 is 1.63 bits per heavy atom. The van der Waals surface area contributed by atoms with Crippen molar-refractivity contribution in [2.45, 2.75) is 19.5 Å². The number of benzene rings is 2. The first kappa shape index (κ1) is 27.1. The van der Waals surface area contributed by atoms with Crippen LogP contribution in [-0.2, 0) is 23.9 Å². The second-order valence-electron chi connectivity index (χ2n) is 6.69. The number of nitrogens with one attached hydrogen (secondary N) is 1. The summed E-state index contributed by atoms with van der Waals surface area (Å²) < 4.78 is 9.80. The van der Waals surface area contributed by atoms with Crippen LogP contribution in [0.25, 0.3) is 0 Å². The first-order valence-electron chi connectivity index (χ1n) is 10.2. The molecule has 13 heteroatoms. The van der Waals surface area contributed by atoms with Gasteiger partial charge in [-0.25, -0.2) is 9.59 Å². The van der Waals surface area contributed by atoms with E-state index in [0.717, 1.165) is 18.2 Å². The Morgan fingerprint density at radius 3 is 2.14 bits per heavy atom. The average Bonchev–Trinajstić information content (AvgIpc) is 2.86. The van der Waals surface area contributed by atoms with Crippen LogP contribution in [-0.4, -0.2) is 53.3 Å². The van der Waals surface area contributed by atoms with Gasteiger partial charge in [-0.05, 0) is 19.9 Å². The van der Waals surface area contributed by atoms with Crippen LogP contribution in [0, 0.1) is 10.1 Å². The number of halogens is 1. The molecule has 0 radical (unpaired) electrons. The molecular weight excluding hydrogens is 484 g/mol. The molecule has 0 unspecified atom stereocenters. The number of nitro benzene ring substituents is 1. The number of ketones is 1. The molecule has 0 aromatic heterocycles. The molecule has 2 rings (SSSR count). The van der Waals surface area contributed by atoms with E-state index >= 15 is 0 Å². The molecule has 0 bridgehead atoms. The fourth-order valence-electron chi connectivity index (χ4n) is 2.78. The van der Waals surface area contributed by atoms with Crippen molar-refractivity contribution in [3.8, 4) is 0 Å². The maximum Gasteiger partial charge on any atom is 0.369 e. The highest BCUT2D eigenvalue weighted by molar-refractivity contribution is 6.28. The van der Waals surface area contributed by atoms with E-state index in [-0.39, 0.29) is 30.0 Å². The van der Waals surface area contributed by atoms with Crippen LogP contribution in [0.3, 0.4) is 0 Å². The molecule has 1 amide bonds. The second-order valence-corrected chi connectivity index (χ2v) is 6.95. The molecule has 0 saturated heterocycles. The van der Waals surface area contributed by atoms with Crippen molar-refractivity contribution >= 4 is 46.6 Å². The number of hydrogen-bond donors (Lipinski definition) is 1. The number of carbonyl (C=O) groups is 4. The predicted molar refractivity (Wildman–Crippen MR) is 122 cm³/mol. The molecule has 0 aliphatic carbocycles. The Kier molecular flexibility index (Phi) is 9.53. The SMILES string of the molecule is CCOC(=O)C(N=Nc1ccc([N+](=O)[O-])cc1C(=O)c1ccccc1)(NC(=O)CCl)C(=O)OCC. The maximum absolute atomic E-state index is 13.1. The summed E-state index contributed by atoms with van der Waals surface area (Å²) in [6.45, 7) is 2.56. The van der Waals surface area contributed by atoms with Crippen molar-refractivity contribution in [2.24, 2.45) is 10.2 Å². The topological polar surface area (TPSA) is 167 Å². The minimum absolute atomic E-state index is 0.179. The smallest absolute Gasteiger partial charge is 0.369 e. The summed E-state index contributed by atoms with van der Waals surface area (Å²) >= 11 is 5.52. The van der Waals surface area contributed by atoms with Gasteiger partial charge in [0.25, 0.3) is 5.69 Å².